The Hall–Kier alpha value is -1.15. The summed E-state index contributed by atoms with van der Waals surface area (Å²) < 4.78 is 26.9. The van der Waals surface area contributed by atoms with Gasteiger partial charge in [0.25, 0.3) is 0 Å². The number of carbonyl (C=O) groups excluding carboxylic acids is 1. The monoisotopic (exact) mass is 399 g/mol. The summed E-state index contributed by atoms with van der Waals surface area (Å²) in [7, 11) is -3.54. The smallest absolute Gasteiger partial charge is 0.243 e. The molecule has 0 saturated carbocycles. The minimum atomic E-state index is -3.54. The number of piperazine rings is 1. The number of carbonyl (C=O) groups is 1. The third-order valence-corrected chi connectivity index (χ3v) is 7.26. The van der Waals surface area contributed by atoms with Gasteiger partial charge in [-0.05, 0) is 37.0 Å². The predicted molar refractivity (Wildman–Crippen MR) is 102 cm³/mol. The predicted octanol–water partition coefficient (Wildman–Crippen LogP) is 1.90. The first-order valence-corrected chi connectivity index (χ1v) is 10.9. The molecule has 1 aromatic carbocycles. The summed E-state index contributed by atoms with van der Waals surface area (Å²) in [6, 6.07) is 6.34. The van der Waals surface area contributed by atoms with Gasteiger partial charge in [-0.15, -0.1) is 0 Å². The highest BCUT2D eigenvalue weighted by atomic mass is 35.5. The van der Waals surface area contributed by atoms with Gasteiger partial charge in [-0.1, -0.05) is 24.6 Å². The molecule has 0 bridgehead atoms. The third-order valence-electron chi connectivity index (χ3n) is 5.13. The van der Waals surface area contributed by atoms with Crippen LogP contribution in [-0.2, 0) is 14.8 Å². The van der Waals surface area contributed by atoms with E-state index in [0.717, 1.165) is 19.5 Å². The fraction of sp³-hybridized carbons (Fsp3) is 0.611. The highest BCUT2D eigenvalue weighted by molar-refractivity contribution is 7.89. The Morgan fingerprint density at radius 2 is 1.92 bits per heavy atom. The van der Waals surface area contributed by atoms with Gasteiger partial charge in [-0.2, -0.15) is 4.31 Å². The van der Waals surface area contributed by atoms with E-state index in [-0.39, 0.29) is 10.8 Å². The zero-order chi connectivity index (χ0) is 18.7. The molecule has 2 aliphatic rings. The van der Waals surface area contributed by atoms with Crippen molar-refractivity contribution >= 4 is 27.5 Å². The Labute approximate surface area is 160 Å². The second kappa shape index (κ2) is 8.25. The van der Waals surface area contributed by atoms with Crippen molar-refractivity contribution in [1.29, 1.82) is 0 Å². The minimum absolute atomic E-state index is 0.155. The van der Waals surface area contributed by atoms with Crippen molar-refractivity contribution in [2.24, 2.45) is 5.92 Å². The molecule has 0 radical (unpaired) electrons. The quantitative estimate of drug-likeness (QED) is 0.775. The molecule has 26 heavy (non-hydrogen) atoms. The van der Waals surface area contributed by atoms with Crippen LogP contribution in [0, 0.1) is 5.92 Å². The van der Waals surface area contributed by atoms with E-state index >= 15 is 0 Å². The van der Waals surface area contributed by atoms with E-state index in [4.69, 9.17) is 11.6 Å². The standard InChI is InChI=1S/C18H26ClN3O3S/c1-15-4-3-7-21(13-15)18(23)14-20-8-10-22(11-9-20)26(24,25)17-6-2-5-16(19)12-17/h2,5-6,12,15H,3-4,7-11,13-14H2,1H3. The Morgan fingerprint density at radius 3 is 2.58 bits per heavy atom. The summed E-state index contributed by atoms with van der Waals surface area (Å²) in [6.07, 6.45) is 2.25. The van der Waals surface area contributed by atoms with E-state index in [2.05, 4.69) is 6.92 Å². The maximum Gasteiger partial charge on any atom is 0.243 e. The lowest BCUT2D eigenvalue weighted by Gasteiger charge is -2.36. The molecule has 144 valence electrons. The van der Waals surface area contributed by atoms with Crippen LogP contribution in [0.1, 0.15) is 19.8 Å². The number of benzene rings is 1. The Morgan fingerprint density at radius 1 is 1.19 bits per heavy atom. The molecule has 2 aliphatic heterocycles. The van der Waals surface area contributed by atoms with E-state index in [9.17, 15) is 13.2 Å². The normalized spacial score (nSPS) is 23.2. The molecular formula is C18H26ClN3O3S. The van der Waals surface area contributed by atoms with E-state index in [1.54, 1.807) is 18.2 Å². The van der Waals surface area contributed by atoms with Crippen LogP contribution in [0.5, 0.6) is 0 Å². The fourth-order valence-electron chi connectivity index (χ4n) is 3.61. The second-order valence-electron chi connectivity index (χ2n) is 7.22. The van der Waals surface area contributed by atoms with Crippen LogP contribution in [0.25, 0.3) is 0 Å². The molecule has 8 heteroatoms. The molecule has 2 fully saturated rings. The maximum atomic E-state index is 12.7. The van der Waals surface area contributed by atoms with Crippen molar-refractivity contribution in [3.05, 3.63) is 29.3 Å². The highest BCUT2D eigenvalue weighted by Crippen LogP contribution is 2.21. The van der Waals surface area contributed by atoms with Gasteiger partial charge in [-0.25, -0.2) is 8.42 Å². The van der Waals surface area contributed by atoms with Crippen LogP contribution in [0.2, 0.25) is 5.02 Å². The molecule has 6 nitrogen and oxygen atoms in total. The molecule has 3 rings (SSSR count). The van der Waals surface area contributed by atoms with Crippen LogP contribution in [0.4, 0.5) is 0 Å². The van der Waals surface area contributed by atoms with E-state index < -0.39 is 10.0 Å². The number of halogens is 1. The van der Waals surface area contributed by atoms with Crippen molar-refractivity contribution in [3.63, 3.8) is 0 Å². The molecule has 1 unspecified atom stereocenters. The summed E-state index contributed by atoms with van der Waals surface area (Å²) in [5.41, 5.74) is 0. The van der Waals surface area contributed by atoms with Gasteiger partial charge < -0.3 is 4.90 Å². The number of piperidine rings is 1. The summed E-state index contributed by atoms with van der Waals surface area (Å²) in [5, 5.41) is 0.408. The number of sulfonamides is 1. The van der Waals surface area contributed by atoms with Crippen molar-refractivity contribution < 1.29 is 13.2 Å². The van der Waals surface area contributed by atoms with Crippen molar-refractivity contribution in [1.82, 2.24) is 14.1 Å². The summed E-state index contributed by atoms with van der Waals surface area (Å²) in [4.78, 5) is 16.7. The lowest BCUT2D eigenvalue weighted by Crippen LogP contribution is -2.52. The summed E-state index contributed by atoms with van der Waals surface area (Å²) >= 11 is 5.92. The average Bonchev–Trinajstić information content (AvgIpc) is 2.62. The van der Waals surface area contributed by atoms with E-state index in [0.29, 0.717) is 43.7 Å². The molecule has 1 atom stereocenters. The molecule has 1 amide bonds. The maximum absolute atomic E-state index is 12.7. The number of hydrogen-bond acceptors (Lipinski definition) is 4. The van der Waals surface area contributed by atoms with Gasteiger partial charge >= 0.3 is 0 Å². The molecule has 0 N–H and O–H groups in total. The Bertz CT molecular complexity index is 748. The Balaban J connectivity index is 1.55. The van der Waals surface area contributed by atoms with Crippen molar-refractivity contribution in [2.45, 2.75) is 24.7 Å². The molecule has 2 saturated heterocycles. The first-order chi connectivity index (χ1) is 12.4. The van der Waals surface area contributed by atoms with Gasteiger partial charge in [0.1, 0.15) is 0 Å². The number of rotatable bonds is 4. The van der Waals surface area contributed by atoms with Crippen molar-refractivity contribution in [3.8, 4) is 0 Å². The van der Waals surface area contributed by atoms with Crippen LogP contribution in [-0.4, -0.2) is 74.2 Å². The van der Waals surface area contributed by atoms with Gasteiger partial charge in [0, 0.05) is 44.3 Å². The molecular weight excluding hydrogens is 374 g/mol. The van der Waals surface area contributed by atoms with Gasteiger partial charge in [0.2, 0.25) is 15.9 Å². The first-order valence-electron chi connectivity index (χ1n) is 9.12. The lowest BCUT2D eigenvalue weighted by atomic mass is 10.0. The zero-order valence-corrected chi connectivity index (χ0v) is 16.7. The van der Waals surface area contributed by atoms with Crippen molar-refractivity contribution in [2.75, 3.05) is 45.8 Å². The number of amides is 1. The zero-order valence-electron chi connectivity index (χ0n) is 15.1. The van der Waals surface area contributed by atoms with E-state index in [1.165, 1.54) is 16.8 Å². The molecule has 1 aromatic rings. The number of hydrogen-bond donors (Lipinski definition) is 0. The minimum Gasteiger partial charge on any atom is -0.341 e. The molecule has 0 spiro atoms. The van der Waals surface area contributed by atoms with Crippen LogP contribution >= 0.6 is 11.6 Å². The van der Waals surface area contributed by atoms with Gasteiger partial charge in [0.05, 0.1) is 11.4 Å². The second-order valence-corrected chi connectivity index (χ2v) is 9.60. The average molecular weight is 400 g/mol. The van der Waals surface area contributed by atoms with Crippen LogP contribution < -0.4 is 0 Å². The Kier molecular flexibility index (Phi) is 6.22. The SMILES string of the molecule is CC1CCCN(C(=O)CN2CCN(S(=O)(=O)c3cccc(Cl)c3)CC2)C1. The number of nitrogens with zero attached hydrogens (tertiary/aromatic N) is 3. The largest absolute Gasteiger partial charge is 0.341 e. The summed E-state index contributed by atoms with van der Waals surface area (Å²) in [5.74, 6) is 0.718. The molecule has 0 aliphatic carbocycles. The van der Waals surface area contributed by atoms with Gasteiger partial charge in [-0.3, -0.25) is 9.69 Å². The lowest BCUT2D eigenvalue weighted by molar-refractivity contribution is -0.134. The first kappa shape index (κ1) is 19.6. The summed E-state index contributed by atoms with van der Waals surface area (Å²) in [6.45, 7) is 6.13. The van der Waals surface area contributed by atoms with Crippen LogP contribution in [0.15, 0.2) is 29.2 Å². The number of likely N-dealkylation sites (tertiary alicyclic amines) is 1. The third kappa shape index (κ3) is 4.57. The topological polar surface area (TPSA) is 60.9 Å². The molecule has 0 aromatic heterocycles. The highest BCUT2D eigenvalue weighted by Gasteiger charge is 2.30. The molecule has 2 heterocycles. The van der Waals surface area contributed by atoms with Crippen LogP contribution in [0.3, 0.4) is 0 Å². The fourth-order valence-corrected chi connectivity index (χ4v) is 5.34. The van der Waals surface area contributed by atoms with E-state index in [1.807, 2.05) is 9.80 Å². The van der Waals surface area contributed by atoms with Gasteiger partial charge in [0.15, 0.2) is 0 Å².